The van der Waals surface area contributed by atoms with Crippen LogP contribution in [-0.4, -0.2) is 59.3 Å². The highest BCUT2D eigenvalue weighted by atomic mass is 19.1. The molecular weight excluding hydrogens is 345 g/mol. The zero-order valence-corrected chi connectivity index (χ0v) is 15.5. The Hall–Kier alpha value is -2.15. The number of alkyl halides is 1. The number of nitrogens with zero attached hydrogens (tertiary/aromatic N) is 3. The Morgan fingerprint density at radius 1 is 1.22 bits per heavy atom. The second-order valence-electron chi connectivity index (χ2n) is 8.21. The van der Waals surface area contributed by atoms with E-state index in [-0.39, 0.29) is 5.91 Å². The first-order valence-corrected chi connectivity index (χ1v) is 10.1. The predicted octanol–water partition coefficient (Wildman–Crippen LogP) is 2.67. The van der Waals surface area contributed by atoms with Gasteiger partial charge in [0, 0.05) is 43.5 Å². The first kappa shape index (κ1) is 17.0. The number of carbonyl (C=O) groups is 1. The molecule has 1 aliphatic carbocycles. The molecule has 2 aromatic heterocycles. The number of halogens is 1. The molecule has 4 heterocycles. The van der Waals surface area contributed by atoms with Gasteiger partial charge in [0.25, 0.3) is 5.91 Å². The summed E-state index contributed by atoms with van der Waals surface area (Å²) in [6.45, 7) is 3.11. The number of aromatic amines is 1. The summed E-state index contributed by atoms with van der Waals surface area (Å²) in [6, 6.07) is 2.44. The molecule has 2 aromatic rings. The molecule has 2 aliphatic heterocycles. The minimum absolute atomic E-state index is 0.0413. The number of hydrogen-bond donors (Lipinski definition) is 2. The molecule has 27 heavy (non-hydrogen) atoms. The number of anilines is 1. The quantitative estimate of drug-likeness (QED) is 0.871. The molecule has 7 heteroatoms. The molecule has 5 rings (SSSR count). The first-order chi connectivity index (χ1) is 13.2. The topological polar surface area (TPSA) is 64.3 Å². The maximum atomic E-state index is 13.4. The Balaban J connectivity index is 1.31. The van der Waals surface area contributed by atoms with Crippen molar-refractivity contribution in [2.75, 3.05) is 31.2 Å². The third-order valence-corrected chi connectivity index (χ3v) is 6.49. The van der Waals surface area contributed by atoms with Crippen molar-refractivity contribution in [2.24, 2.45) is 5.92 Å². The normalized spacial score (nSPS) is 29.1. The number of likely N-dealkylation sites (tertiary alicyclic amines) is 1. The molecule has 6 nitrogen and oxygen atoms in total. The van der Waals surface area contributed by atoms with Crippen LogP contribution >= 0.6 is 0 Å². The molecule has 3 aliphatic rings. The van der Waals surface area contributed by atoms with E-state index in [1.807, 2.05) is 12.3 Å². The van der Waals surface area contributed by atoms with Crippen molar-refractivity contribution >= 4 is 22.6 Å². The largest absolute Gasteiger partial charge is 0.350 e. The van der Waals surface area contributed by atoms with Crippen LogP contribution < -0.4 is 10.2 Å². The highest BCUT2D eigenvalue weighted by Crippen LogP contribution is 2.37. The first-order valence-electron chi connectivity index (χ1n) is 10.1. The fourth-order valence-electron chi connectivity index (χ4n) is 5.07. The number of pyridine rings is 1. The Morgan fingerprint density at radius 3 is 2.85 bits per heavy atom. The number of fused-ring (bicyclic) bond motifs is 3. The van der Waals surface area contributed by atoms with Crippen LogP contribution in [0, 0.1) is 5.92 Å². The molecule has 144 valence electrons. The number of rotatable bonds is 3. The van der Waals surface area contributed by atoms with Crippen molar-refractivity contribution in [3.05, 3.63) is 24.0 Å². The highest BCUT2D eigenvalue weighted by molar-refractivity contribution is 6.08. The molecule has 1 atom stereocenters. The van der Waals surface area contributed by atoms with Crippen molar-refractivity contribution in [1.29, 1.82) is 0 Å². The number of aromatic nitrogens is 2. The lowest BCUT2D eigenvalue weighted by atomic mass is 9.84. The van der Waals surface area contributed by atoms with Gasteiger partial charge in [-0.05, 0) is 44.1 Å². The minimum Gasteiger partial charge on any atom is -0.350 e. The van der Waals surface area contributed by atoms with Gasteiger partial charge in [0.2, 0.25) is 0 Å². The maximum Gasteiger partial charge on any atom is 0.256 e. The lowest BCUT2D eigenvalue weighted by Crippen LogP contribution is -2.50. The van der Waals surface area contributed by atoms with E-state index in [9.17, 15) is 9.18 Å². The van der Waals surface area contributed by atoms with E-state index in [1.165, 1.54) is 12.8 Å². The van der Waals surface area contributed by atoms with Crippen molar-refractivity contribution in [2.45, 2.75) is 44.3 Å². The molecule has 1 saturated carbocycles. The van der Waals surface area contributed by atoms with Crippen LogP contribution in [0.4, 0.5) is 10.1 Å². The van der Waals surface area contributed by atoms with Crippen LogP contribution in [0.5, 0.6) is 0 Å². The van der Waals surface area contributed by atoms with E-state index in [0.717, 1.165) is 42.7 Å². The lowest BCUT2D eigenvalue weighted by molar-refractivity contribution is 0.0944. The van der Waals surface area contributed by atoms with Gasteiger partial charge in [0.1, 0.15) is 11.8 Å². The standard InChI is InChI=1S/C20H26FN5O/c21-14-6-8-25(11-14)10-13-1-3-15(4-2-13)26-12-24-20(27)17-9-23-19-16(18(17)26)5-7-22-19/h5,7,9,13-15H,1-4,6,8,10-12H2,(H,22,23)(H,24,27)/t13?,14-,15?/m1/s1. The van der Waals surface area contributed by atoms with E-state index in [0.29, 0.717) is 37.2 Å². The zero-order valence-electron chi connectivity index (χ0n) is 15.5. The average Bonchev–Trinajstić information content (AvgIpc) is 3.31. The summed E-state index contributed by atoms with van der Waals surface area (Å²) in [6.07, 6.45) is 8.18. The van der Waals surface area contributed by atoms with Gasteiger partial charge < -0.3 is 20.1 Å². The Kier molecular flexibility index (Phi) is 4.27. The number of carbonyl (C=O) groups excluding carboxylic acids is 1. The van der Waals surface area contributed by atoms with Crippen LogP contribution in [-0.2, 0) is 0 Å². The minimum atomic E-state index is -0.632. The summed E-state index contributed by atoms with van der Waals surface area (Å²) < 4.78 is 13.4. The third kappa shape index (κ3) is 3.08. The fraction of sp³-hybridized carbons (Fsp3) is 0.600. The molecule has 0 radical (unpaired) electrons. The summed E-state index contributed by atoms with van der Waals surface area (Å²) in [5.41, 5.74) is 2.52. The zero-order chi connectivity index (χ0) is 18.4. The smallest absolute Gasteiger partial charge is 0.256 e. The van der Waals surface area contributed by atoms with Gasteiger partial charge in [-0.15, -0.1) is 0 Å². The SMILES string of the molecule is O=C1NCN(C2CCC(CN3CC[C@@H](F)C3)CC2)c2c1cnc1[nH]ccc21. The van der Waals surface area contributed by atoms with Crippen LogP contribution in [0.25, 0.3) is 11.0 Å². The number of H-pyrrole nitrogens is 1. The van der Waals surface area contributed by atoms with Crippen LogP contribution in [0.15, 0.2) is 18.5 Å². The molecule has 0 unspecified atom stereocenters. The van der Waals surface area contributed by atoms with Gasteiger partial charge in [-0.3, -0.25) is 4.79 Å². The third-order valence-electron chi connectivity index (χ3n) is 6.49. The summed E-state index contributed by atoms with van der Waals surface area (Å²) in [7, 11) is 0. The fourth-order valence-corrected chi connectivity index (χ4v) is 5.07. The highest BCUT2D eigenvalue weighted by Gasteiger charge is 2.34. The monoisotopic (exact) mass is 371 g/mol. The molecule has 1 amide bonds. The van der Waals surface area contributed by atoms with E-state index >= 15 is 0 Å². The van der Waals surface area contributed by atoms with E-state index in [1.54, 1.807) is 6.20 Å². The molecule has 0 bridgehead atoms. The maximum absolute atomic E-state index is 13.4. The molecule has 2 N–H and O–H groups in total. The van der Waals surface area contributed by atoms with Gasteiger partial charge in [0.15, 0.2) is 0 Å². The summed E-state index contributed by atoms with van der Waals surface area (Å²) in [5.74, 6) is 0.621. The van der Waals surface area contributed by atoms with E-state index in [4.69, 9.17) is 0 Å². The van der Waals surface area contributed by atoms with Gasteiger partial charge >= 0.3 is 0 Å². The van der Waals surface area contributed by atoms with Crippen molar-refractivity contribution in [1.82, 2.24) is 20.2 Å². The average molecular weight is 371 g/mol. The Morgan fingerprint density at radius 2 is 2.07 bits per heavy atom. The second-order valence-corrected chi connectivity index (χ2v) is 8.21. The van der Waals surface area contributed by atoms with Gasteiger partial charge in [-0.1, -0.05) is 0 Å². The lowest BCUT2D eigenvalue weighted by Gasteiger charge is -2.41. The molecular formula is C20H26FN5O. The Labute approximate surface area is 158 Å². The summed E-state index contributed by atoms with van der Waals surface area (Å²) in [4.78, 5) is 24.5. The predicted molar refractivity (Wildman–Crippen MR) is 103 cm³/mol. The van der Waals surface area contributed by atoms with E-state index in [2.05, 4.69) is 25.1 Å². The van der Waals surface area contributed by atoms with Crippen LogP contribution in [0.2, 0.25) is 0 Å². The van der Waals surface area contributed by atoms with Crippen molar-refractivity contribution in [3.63, 3.8) is 0 Å². The summed E-state index contributed by atoms with van der Waals surface area (Å²) in [5, 5.41) is 4.03. The molecule has 1 saturated heterocycles. The van der Waals surface area contributed by atoms with Gasteiger partial charge in [-0.25, -0.2) is 9.37 Å². The van der Waals surface area contributed by atoms with Crippen LogP contribution in [0.3, 0.4) is 0 Å². The second kappa shape index (κ2) is 6.78. The van der Waals surface area contributed by atoms with Crippen molar-refractivity contribution < 1.29 is 9.18 Å². The number of amides is 1. The van der Waals surface area contributed by atoms with Gasteiger partial charge in [0.05, 0.1) is 17.9 Å². The number of hydrogen-bond acceptors (Lipinski definition) is 4. The van der Waals surface area contributed by atoms with E-state index < -0.39 is 6.17 Å². The van der Waals surface area contributed by atoms with Gasteiger partial charge in [-0.2, -0.15) is 0 Å². The molecule has 0 aromatic carbocycles. The van der Waals surface area contributed by atoms with Crippen molar-refractivity contribution in [3.8, 4) is 0 Å². The Bertz CT molecular complexity index is 844. The molecule has 2 fully saturated rings. The molecule has 0 spiro atoms. The number of nitrogens with one attached hydrogen (secondary N) is 2. The van der Waals surface area contributed by atoms with Crippen LogP contribution in [0.1, 0.15) is 42.5 Å². The summed E-state index contributed by atoms with van der Waals surface area (Å²) >= 11 is 0.